The zero-order valence-corrected chi connectivity index (χ0v) is 64.3. The molecule has 2 aliphatic carbocycles. The lowest BCUT2D eigenvalue weighted by molar-refractivity contribution is 0.660. The minimum atomic E-state index is -0.108. The molecule has 0 radical (unpaired) electrons. The molecule has 530 valence electrons. The van der Waals surface area contributed by atoms with Gasteiger partial charge in [0.05, 0.1) is 5.69 Å². The Labute approximate surface area is 661 Å². The van der Waals surface area contributed by atoms with E-state index in [1.54, 1.807) is 0 Å². The van der Waals surface area contributed by atoms with Crippen LogP contribution in [0.5, 0.6) is 0 Å². The summed E-state index contributed by atoms with van der Waals surface area (Å²) in [6.07, 6.45) is 0. The molecule has 0 bridgehead atoms. The van der Waals surface area contributed by atoms with Crippen molar-refractivity contribution >= 4 is 129 Å². The van der Waals surface area contributed by atoms with E-state index in [2.05, 4.69) is 426 Å². The molecule has 0 spiro atoms. The largest absolute Gasteiger partial charge is 0.310 e. The highest BCUT2D eigenvalue weighted by Crippen LogP contribution is 2.55. The summed E-state index contributed by atoms with van der Waals surface area (Å²) in [5, 5.41) is 12.7. The number of nitrogens with zero attached hydrogens (tertiary/aromatic N) is 2. The van der Waals surface area contributed by atoms with Gasteiger partial charge in [-0.1, -0.05) is 301 Å². The van der Waals surface area contributed by atoms with Crippen LogP contribution < -0.4 is 9.80 Å². The first-order chi connectivity index (χ1) is 55.0. The topological polar surface area (TPSA) is 6.48 Å². The SMILES string of the molecule is CC1(C)c2ccccc2-c2ccc(N(c3ccc(-c4cc(-c5ccc6ccccc6c5)c5sc6ccccc6c5c4)cc3)c3ccc4ccccc4c3)cc21.CC1(C)c2ccccc2-c2ccc(N(c3ccc(-c4cc(-c5ccc6ccccc6c5)c5sc6ccccc6c5c4)cc3)c3ccccc3-c3ccccc3)cc21. The van der Waals surface area contributed by atoms with Crippen LogP contribution in [0.25, 0.3) is 151 Å². The molecule has 20 aromatic rings. The van der Waals surface area contributed by atoms with Crippen molar-refractivity contribution in [3.63, 3.8) is 0 Å². The van der Waals surface area contributed by atoms with Crippen molar-refractivity contribution in [3.8, 4) is 77.9 Å². The quantitative estimate of drug-likeness (QED) is 0.127. The molecule has 0 amide bonds. The van der Waals surface area contributed by atoms with E-state index in [-0.39, 0.29) is 10.8 Å². The highest BCUT2D eigenvalue weighted by Gasteiger charge is 2.38. The second kappa shape index (κ2) is 26.8. The summed E-state index contributed by atoms with van der Waals surface area (Å²) in [5.74, 6) is 0. The van der Waals surface area contributed by atoms with Gasteiger partial charge in [-0.05, 0) is 231 Å². The number of anilines is 6. The summed E-state index contributed by atoms with van der Waals surface area (Å²) in [4.78, 5) is 4.87. The molecule has 0 aliphatic heterocycles. The maximum Gasteiger partial charge on any atom is 0.0540 e. The van der Waals surface area contributed by atoms with Crippen molar-refractivity contribution in [1.29, 1.82) is 0 Å². The van der Waals surface area contributed by atoms with Gasteiger partial charge in [-0.3, -0.25) is 0 Å². The zero-order chi connectivity index (χ0) is 74.8. The number of rotatable bonds is 11. The molecule has 0 fully saturated rings. The van der Waals surface area contributed by atoms with Crippen LogP contribution in [0, 0.1) is 0 Å². The molecule has 4 heteroatoms. The number of hydrogen-bond acceptors (Lipinski definition) is 4. The van der Waals surface area contributed by atoms with Gasteiger partial charge in [0.1, 0.15) is 0 Å². The molecule has 2 aromatic heterocycles. The molecule has 0 atom stereocenters. The van der Waals surface area contributed by atoms with Crippen molar-refractivity contribution < 1.29 is 0 Å². The predicted octanol–water partition coefficient (Wildman–Crippen LogP) is 31.5. The molecule has 0 N–H and O–H groups in total. The van der Waals surface area contributed by atoms with E-state index in [4.69, 9.17) is 0 Å². The first-order valence-electron chi connectivity index (χ1n) is 38.8. The van der Waals surface area contributed by atoms with E-state index in [1.807, 2.05) is 22.7 Å². The second-order valence-electron chi connectivity index (χ2n) is 31.1. The minimum Gasteiger partial charge on any atom is -0.310 e. The van der Waals surface area contributed by atoms with Gasteiger partial charge >= 0.3 is 0 Å². The lowest BCUT2D eigenvalue weighted by Gasteiger charge is -2.30. The predicted molar refractivity (Wildman–Crippen MR) is 483 cm³/mol. The fourth-order valence-corrected chi connectivity index (χ4v) is 20.6. The molecule has 2 aliphatic rings. The van der Waals surface area contributed by atoms with Gasteiger partial charge in [0.2, 0.25) is 0 Å². The fraction of sp³-hybridized carbons (Fsp3) is 0.0556. The Bertz CT molecular complexity index is 7140. The molecule has 18 aromatic carbocycles. The van der Waals surface area contributed by atoms with Crippen LogP contribution in [0.3, 0.4) is 0 Å². The van der Waals surface area contributed by atoms with E-state index >= 15 is 0 Å². The Kier molecular flexibility index (Phi) is 16.0. The first kappa shape index (κ1) is 66.9. The van der Waals surface area contributed by atoms with Gasteiger partial charge in [0.25, 0.3) is 0 Å². The van der Waals surface area contributed by atoms with Gasteiger partial charge in [0, 0.05) is 96.3 Å². The first-order valence-corrected chi connectivity index (χ1v) is 40.5. The van der Waals surface area contributed by atoms with Crippen molar-refractivity contribution in [2.24, 2.45) is 0 Å². The molecular weight excluding hydrogens is 1390 g/mol. The third-order valence-corrected chi connectivity index (χ3v) is 26.3. The summed E-state index contributed by atoms with van der Waals surface area (Å²) in [7, 11) is 0. The van der Waals surface area contributed by atoms with Crippen molar-refractivity contribution in [1.82, 2.24) is 0 Å². The third kappa shape index (κ3) is 11.3. The van der Waals surface area contributed by atoms with Gasteiger partial charge in [-0.15, -0.1) is 22.7 Å². The summed E-state index contributed by atoms with van der Waals surface area (Å²) in [6.45, 7) is 9.43. The Morgan fingerprint density at radius 2 is 0.554 bits per heavy atom. The maximum atomic E-state index is 2.45. The summed E-state index contributed by atoms with van der Waals surface area (Å²) in [6, 6.07) is 144. The van der Waals surface area contributed by atoms with Gasteiger partial charge in [0.15, 0.2) is 0 Å². The van der Waals surface area contributed by atoms with E-state index in [9.17, 15) is 0 Å². The van der Waals surface area contributed by atoms with Crippen LogP contribution in [-0.2, 0) is 10.8 Å². The molecule has 2 nitrogen and oxygen atoms in total. The molecule has 0 saturated heterocycles. The Hall–Kier alpha value is -13.2. The average Bonchev–Trinajstić information content (AvgIpc) is 1.58. The number of hydrogen-bond donors (Lipinski definition) is 0. The highest BCUT2D eigenvalue weighted by molar-refractivity contribution is 7.26. The number of thiophene rings is 2. The van der Waals surface area contributed by atoms with E-state index < -0.39 is 0 Å². The fourth-order valence-electron chi connectivity index (χ4n) is 18.1. The molecular formula is C108H76N2S2. The van der Waals surface area contributed by atoms with Crippen LogP contribution in [0.1, 0.15) is 49.9 Å². The molecule has 22 rings (SSSR count). The molecule has 0 saturated carbocycles. The Balaban J connectivity index is 0.000000142. The van der Waals surface area contributed by atoms with Crippen LogP contribution in [-0.4, -0.2) is 0 Å². The number of para-hydroxylation sites is 1. The molecule has 0 unspecified atom stereocenters. The molecule has 112 heavy (non-hydrogen) atoms. The lowest BCUT2D eigenvalue weighted by atomic mass is 9.82. The van der Waals surface area contributed by atoms with Crippen LogP contribution in [0.2, 0.25) is 0 Å². The average molecular weight is 1470 g/mol. The molecule has 2 heterocycles. The van der Waals surface area contributed by atoms with Crippen molar-refractivity contribution in [2.75, 3.05) is 9.80 Å². The van der Waals surface area contributed by atoms with Crippen molar-refractivity contribution in [3.05, 3.63) is 411 Å². The number of fused-ring (bicyclic) bond motifs is 15. The minimum absolute atomic E-state index is 0.0892. The van der Waals surface area contributed by atoms with Crippen molar-refractivity contribution in [2.45, 2.75) is 38.5 Å². The zero-order valence-electron chi connectivity index (χ0n) is 62.7. The number of benzene rings is 18. The van der Waals surface area contributed by atoms with Gasteiger partial charge in [-0.2, -0.15) is 0 Å². The normalized spacial score (nSPS) is 13.0. The summed E-state index contributed by atoms with van der Waals surface area (Å²) < 4.78 is 5.30. The Morgan fingerprint density at radius 3 is 1.06 bits per heavy atom. The second-order valence-corrected chi connectivity index (χ2v) is 33.2. The Morgan fingerprint density at radius 1 is 0.196 bits per heavy atom. The van der Waals surface area contributed by atoms with Crippen LogP contribution >= 0.6 is 22.7 Å². The van der Waals surface area contributed by atoms with Gasteiger partial charge in [-0.25, -0.2) is 0 Å². The van der Waals surface area contributed by atoms with E-state index in [0.717, 1.165) is 34.1 Å². The van der Waals surface area contributed by atoms with E-state index in [0.29, 0.717) is 0 Å². The summed E-state index contributed by atoms with van der Waals surface area (Å²) >= 11 is 3.78. The van der Waals surface area contributed by atoms with E-state index in [1.165, 1.54) is 173 Å². The van der Waals surface area contributed by atoms with Crippen LogP contribution in [0.4, 0.5) is 34.1 Å². The monoisotopic (exact) mass is 1460 g/mol. The lowest BCUT2D eigenvalue weighted by Crippen LogP contribution is -2.16. The maximum absolute atomic E-state index is 2.45. The standard InChI is InChI=1S/C55H39NS.C53H37NS/c1-55(2)50-21-11-8-19-45(50)46-31-30-43(35-51(46)55)56(52-22-12-9-18-44(52)38-15-4-3-5-16-38)42-28-26-37(27-29-42)41-33-48(40-25-24-36-14-6-7-17-39(36)32-40)54-49(34-41)47-20-10-13-23-53(47)57-54;1-53(2)49-17-9-7-15-44(49)45-28-27-43(33-50(45)53)54(42-26-23-35-12-4-6-14-38(35)30-42)41-24-21-36(22-25-41)40-31-47(39-20-19-34-11-3-5-13-37(34)29-39)52-48(32-40)46-16-8-10-18-51(46)55-52/h3-35H,1-2H3;3-33H,1-2H3. The van der Waals surface area contributed by atoms with Crippen LogP contribution in [0.15, 0.2) is 388 Å². The van der Waals surface area contributed by atoms with Gasteiger partial charge < -0.3 is 9.80 Å². The third-order valence-electron chi connectivity index (χ3n) is 23.9. The highest BCUT2D eigenvalue weighted by atomic mass is 32.1. The smallest absolute Gasteiger partial charge is 0.0540 e. The summed E-state index contributed by atoms with van der Waals surface area (Å²) in [5.41, 5.74) is 29.8.